The topological polar surface area (TPSA) is 62.0 Å². The second kappa shape index (κ2) is 4.72. The molecule has 1 aliphatic rings. The van der Waals surface area contributed by atoms with E-state index in [4.69, 9.17) is 0 Å². The molecule has 1 saturated heterocycles. The highest BCUT2D eigenvalue weighted by Gasteiger charge is 2.22. The van der Waals surface area contributed by atoms with Crippen LogP contribution in [0, 0.1) is 0 Å². The number of amides is 1. The van der Waals surface area contributed by atoms with Crippen molar-refractivity contribution in [2.24, 2.45) is 0 Å². The van der Waals surface area contributed by atoms with E-state index >= 15 is 0 Å². The molecule has 1 amide bonds. The van der Waals surface area contributed by atoms with Crippen molar-refractivity contribution in [1.82, 2.24) is 10.3 Å². The largest absolute Gasteiger partial charge is 0.355 e. The molecule has 1 aromatic heterocycles. The van der Waals surface area contributed by atoms with Crippen molar-refractivity contribution in [2.45, 2.75) is 12.3 Å². The fraction of sp³-hybridized carbons (Fsp3) is 0.200. The van der Waals surface area contributed by atoms with E-state index in [1.807, 2.05) is 30.3 Å². The van der Waals surface area contributed by atoms with Gasteiger partial charge in [0.1, 0.15) is 0 Å². The second-order valence-electron chi connectivity index (χ2n) is 4.76. The number of carbonyl (C=O) groups excluding carboxylic acids is 1. The molecule has 19 heavy (non-hydrogen) atoms. The van der Waals surface area contributed by atoms with Gasteiger partial charge in [-0.05, 0) is 17.2 Å². The maximum atomic E-state index is 11.3. The summed E-state index contributed by atoms with van der Waals surface area (Å²) in [4.78, 5) is 25.3. The molecule has 4 heteroatoms. The van der Waals surface area contributed by atoms with Gasteiger partial charge < -0.3 is 10.3 Å². The number of H-pyrrole nitrogens is 1. The average Bonchev–Trinajstić information content (AvgIpc) is 2.86. The molecule has 0 bridgehead atoms. The molecule has 1 atom stereocenters. The maximum absolute atomic E-state index is 11.3. The predicted octanol–water partition coefficient (Wildman–Crippen LogP) is 1.65. The summed E-state index contributed by atoms with van der Waals surface area (Å²) in [6, 6.07) is 13.1. The van der Waals surface area contributed by atoms with Gasteiger partial charge in [-0.3, -0.25) is 9.59 Å². The Hall–Kier alpha value is -2.36. The van der Waals surface area contributed by atoms with Crippen molar-refractivity contribution in [3.8, 4) is 11.3 Å². The van der Waals surface area contributed by atoms with Gasteiger partial charge in [0.15, 0.2) is 0 Å². The van der Waals surface area contributed by atoms with E-state index < -0.39 is 0 Å². The molecule has 1 aliphatic heterocycles. The number of aromatic nitrogens is 1. The van der Waals surface area contributed by atoms with Gasteiger partial charge in [0, 0.05) is 30.6 Å². The smallest absolute Gasteiger partial charge is 0.248 e. The second-order valence-corrected chi connectivity index (χ2v) is 4.76. The Morgan fingerprint density at radius 3 is 2.42 bits per heavy atom. The van der Waals surface area contributed by atoms with Gasteiger partial charge in [-0.25, -0.2) is 0 Å². The molecular formula is C15H14N2O2. The fourth-order valence-electron chi connectivity index (χ4n) is 2.39. The SMILES string of the molecule is O=C1CC(c2ccc(-c3cccc(=O)[nH]3)cc2)CN1. The van der Waals surface area contributed by atoms with Crippen molar-refractivity contribution in [1.29, 1.82) is 0 Å². The lowest BCUT2D eigenvalue weighted by Gasteiger charge is -2.08. The molecule has 2 aromatic rings. The Morgan fingerprint density at radius 2 is 1.79 bits per heavy atom. The quantitative estimate of drug-likeness (QED) is 0.856. The van der Waals surface area contributed by atoms with Crippen LogP contribution in [0.15, 0.2) is 47.3 Å². The standard InChI is InChI=1S/C15H14N2O2/c18-14-3-1-2-13(17-14)11-6-4-10(5-7-11)12-8-15(19)16-9-12/h1-7,12H,8-9H2,(H,16,19)(H,17,18). The summed E-state index contributed by atoms with van der Waals surface area (Å²) in [5.74, 6) is 0.373. The van der Waals surface area contributed by atoms with Crippen LogP contribution in [0.2, 0.25) is 0 Å². The van der Waals surface area contributed by atoms with Crippen molar-refractivity contribution in [3.05, 3.63) is 58.4 Å². The minimum Gasteiger partial charge on any atom is -0.355 e. The lowest BCUT2D eigenvalue weighted by atomic mass is 9.96. The predicted molar refractivity (Wildman–Crippen MR) is 72.9 cm³/mol. The normalized spacial score (nSPS) is 18.3. The van der Waals surface area contributed by atoms with E-state index in [-0.39, 0.29) is 17.4 Å². The molecule has 0 saturated carbocycles. The zero-order valence-corrected chi connectivity index (χ0v) is 10.3. The van der Waals surface area contributed by atoms with Gasteiger partial charge in [-0.1, -0.05) is 30.3 Å². The van der Waals surface area contributed by atoms with Crippen LogP contribution in [0.1, 0.15) is 17.9 Å². The van der Waals surface area contributed by atoms with Gasteiger partial charge >= 0.3 is 0 Å². The number of rotatable bonds is 2. The highest BCUT2D eigenvalue weighted by atomic mass is 16.1. The van der Waals surface area contributed by atoms with E-state index in [0.29, 0.717) is 13.0 Å². The molecule has 0 radical (unpaired) electrons. The lowest BCUT2D eigenvalue weighted by Crippen LogP contribution is -2.13. The summed E-state index contributed by atoms with van der Waals surface area (Å²) >= 11 is 0. The minimum atomic E-state index is -0.104. The third-order valence-electron chi connectivity index (χ3n) is 3.44. The Balaban J connectivity index is 1.87. The van der Waals surface area contributed by atoms with Crippen LogP contribution in [-0.4, -0.2) is 17.4 Å². The number of benzene rings is 1. The first-order chi connectivity index (χ1) is 9.22. The molecule has 96 valence electrons. The van der Waals surface area contributed by atoms with Gasteiger partial charge in [-0.2, -0.15) is 0 Å². The summed E-state index contributed by atoms with van der Waals surface area (Å²) in [5.41, 5.74) is 2.82. The molecule has 4 nitrogen and oxygen atoms in total. The van der Waals surface area contributed by atoms with Gasteiger partial charge in [0.25, 0.3) is 0 Å². The molecule has 1 fully saturated rings. The van der Waals surface area contributed by atoms with Gasteiger partial charge in [0.05, 0.1) is 0 Å². The molecule has 3 rings (SSSR count). The monoisotopic (exact) mass is 254 g/mol. The zero-order chi connectivity index (χ0) is 13.2. The van der Waals surface area contributed by atoms with E-state index in [2.05, 4.69) is 10.3 Å². The minimum absolute atomic E-state index is 0.104. The highest BCUT2D eigenvalue weighted by Crippen LogP contribution is 2.25. The van der Waals surface area contributed by atoms with Gasteiger partial charge in [0.2, 0.25) is 11.5 Å². The average molecular weight is 254 g/mol. The molecule has 0 aliphatic carbocycles. The fourth-order valence-corrected chi connectivity index (χ4v) is 2.39. The summed E-state index contributed by atoms with van der Waals surface area (Å²) in [5, 5.41) is 2.84. The van der Waals surface area contributed by atoms with Crippen LogP contribution < -0.4 is 10.9 Å². The van der Waals surface area contributed by atoms with Crippen LogP contribution in [0.3, 0.4) is 0 Å². The Labute approximate surface area is 110 Å². The molecule has 1 aromatic carbocycles. The van der Waals surface area contributed by atoms with Crippen molar-refractivity contribution in [2.75, 3.05) is 6.54 Å². The molecule has 1 unspecified atom stereocenters. The summed E-state index contributed by atoms with van der Waals surface area (Å²) in [7, 11) is 0. The number of nitrogens with one attached hydrogen (secondary N) is 2. The molecular weight excluding hydrogens is 240 g/mol. The van der Waals surface area contributed by atoms with Crippen LogP contribution >= 0.6 is 0 Å². The molecule has 0 spiro atoms. The van der Waals surface area contributed by atoms with Gasteiger partial charge in [-0.15, -0.1) is 0 Å². The lowest BCUT2D eigenvalue weighted by molar-refractivity contribution is -0.119. The highest BCUT2D eigenvalue weighted by molar-refractivity contribution is 5.79. The van der Waals surface area contributed by atoms with Crippen molar-refractivity contribution in [3.63, 3.8) is 0 Å². The number of hydrogen-bond acceptors (Lipinski definition) is 2. The zero-order valence-electron chi connectivity index (χ0n) is 10.3. The number of hydrogen-bond donors (Lipinski definition) is 2. The van der Waals surface area contributed by atoms with Crippen molar-refractivity contribution < 1.29 is 4.79 Å². The number of carbonyl (C=O) groups is 1. The summed E-state index contributed by atoms with van der Waals surface area (Å²) in [6.07, 6.45) is 0.557. The number of aromatic amines is 1. The third-order valence-corrected chi connectivity index (χ3v) is 3.44. The first kappa shape index (κ1) is 11.7. The summed E-state index contributed by atoms with van der Waals surface area (Å²) in [6.45, 7) is 0.709. The first-order valence-electron chi connectivity index (χ1n) is 6.29. The number of pyridine rings is 1. The van der Waals surface area contributed by atoms with Crippen LogP contribution in [0.25, 0.3) is 11.3 Å². The summed E-state index contributed by atoms with van der Waals surface area (Å²) < 4.78 is 0. The van der Waals surface area contributed by atoms with Crippen molar-refractivity contribution >= 4 is 5.91 Å². The van der Waals surface area contributed by atoms with Crippen LogP contribution in [0.4, 0.5) is 0 Å². The Morgan fingerprint density at radius 1 is 1.00 bits per heavy atom. The third kappa shape index (κ3) is 2.42. The van der Waals surface area contributed by atoms with E-state index in [1.165, 1.54) is 6.07 Å². The first-order valence-corrected chi connectivity index (χ1v) is 6.29. The Kier molecular flexibility index (Phi) is 2.91. The van der Waals surface area contributed by atoms with E-state index in [9.17, 15) is 9.59 Å². The van der Waals surface area contributed by atoms with E-state index in [1.54, 1.807) is 6.07 Å². The van der Waals surface area contributed by atoms with Crippen LogP contribution in [0.5, 0.6) is 0 Å². The molecule has 2 heterocycles. The van der Waals surface area contributed by atoms with Crippen LogP contribution in [-0.2, 0) is 4.79 Å². The Bertz CT molecular complexity index is 658. The molecule has 2 N–H and O–H groups in total. The maximum Gasteiger partial charge on any atom is 0.248 e. The van der Waals surface area contributed by atoms with E-state index in [0.717, 1.165) is 16.8 Å².